The number of nitrogens with zero attached hydrogens (tertiary/aromatic N) is 2. The smallest absolute Gasteiger partial charge is 0.161 e. The summed E-state index contributed by atoms with van der Waals surface area (Å²) >= 11 is 3.48. The fourth-order valence-electron chi connectivity index (χ4n) is 1.95. The third kappa shape index (κ3) is 3.32. The van der Waals surface area contributed by atoms with Gasteiger partial charge in [-0.3, -0.25) is 0 Å². The van der Waals surface area contributed by atoms with Crippen molar-refractivity contribution in [2.45, 2.75) is 27.2 Å². The molecule has 0 aliphatic rings. The Morgan fingerprint density at radius 2 is 2.00 bits per heavy atom. The molecule has 3 nitrogen and oxygen atoms in total. The molecule has 0 aliphatic heterocycles. The molecule has 0 spiro atoms. The molecular formula is C15H18BrN3. The molecule has 0 saturated carbocycles. The van der Waals surface area contributed by atoms with E-state index in [9.17, 15) is 0 Å². The van der Waals surface area contributed by atoms with E-state index in [1.807, 2.05) is 12.1 Å². The van der Waals surface area contributed by atoms with Gasteiger partial charge in [-0.25, -0.2) is 9.97 Å². The molecule has 0 atom stereocenters. The third-order valence-electron chi connectivity index (χ3n) is 2.82. The number of aromatic nitrogens is 2. The molecular weight excluding hydrogens is 302 g/mol. The van der Waals surface area contributed by atoms with E-state index in [0.29, 0.717) is 17.6 Å². The van der Waals surface area contributed by atoms with E-state index >= 15 is 0 Å². The zero-order chi connectivity index (χ0) is 14.0. The van der Waals surface area contributed by atoms with Crippen molar-refractivity contribution < 1.29 is 0 Å². The second-order valence-electron chi connectivity index (χ2n) is 5.16. The molecule has 19 heavy (non-hydrogen) atoms. The summed E-state index contributed by atoms with van der Waals surface area (Å²) < 4.78 is 0.817. The first-order chi connectivity index (χ1) is 8.97. The third-order valence-corrected chi connectivity index (χ3v) is 3.69. The number of aryl methyl sites for hydroxylation is 1. The molecule has 2 N–H and O–H groups in total. The average molecular weight is 320 g/mol. The van der Waals surface area contributed by atoms with Crippen molar-refractivity contribution >= 4 is 21.7 Å². The number of hydrogen-bond acceptors (Lipinski definition) is 3. The van der Waals surface area contributed by atoms with Gasteiger partial charge in [0.25, 0.3) is 0 Å². The summed E-state index contributed by atoms with van der Waals surface area (Å²) in [5.74, 6) is 1.72. The summed E-state index contributed by atoms with van der Waals surface area (Å²) in [6.07, 6.45) is 0.881. The lowest BCUT2D eigenvalue weighted by Gasteiger charge is -2.11. The molecule has 100 valence electrons. The Morgan fingerprint density at radius 3 is 2.63 bits per heavy atom. The minimum Gasteiger partial charge on any atom is -0.383 e. The zero-order valence-electron chi connectivity index (χ0n) is 11.4. The van der Waals surface area contributed by atoms with Gasteiger partial charge < -0.3 is 5.73 Å². The predicted molar refractivity (Wildman–Crippen MR) is 82.9 cm³/mol. The summed E-state index contributed by atoms with van der Waals surface area (Å²) in [4.78, 5) is 9.02. The molecule has 0 bridgehead atoms. The van der Waals surface area contributed by atoms with Gasteiger partial charge >= 0.3 is 0 Å². The van der Waals surface area contributed by atoms with Gasteiger partial charge in [0.15, 0.2) is 5.82 Å². The van der Waals surface area contributed by atoms with E-state index in [2.05, 4.69) is 58.8 Å². The second kappa shape index (κ2) is 5.70. The molecule has 4 heteroatoms. The summed E-state index contributed by atoms with van der Waals surface area (Å²) in [5.41, 5.74) is 9.14. The van der Waals surface area contributed by atoms with Gasteiger partial charge in [-0.05, 0) is 41.3 Å². The van der Waals surface area contributed by atoms with E-state index in [1.165, 1.54) is 5.56 Å². The summed E-state index contributed by atoms with van der Waals surface area (Å²) in [5, 5.41) is 0. The summed E-state index contributed by atoms with van der Waals surface area (Å²) in [7, 11) is 0. The quantitative estimate of drug-likeness (QED) is 0.930. The van der Waals surface area contributed by atoms with Crippen molar-refractivity contribution in [3.63, 3.8) is 0 Å². The van der Waals surface area contributed by atoms with E-state index in [-0.39, 0.29) is 0 Å². The van der Waals surface area contributed by atoms with Crippen LogP contribution in [0.2, 0.25) is 0 Å². The fraction of sp³-hybridized carbons (Fsp3) is 0.333. The Balaban J connectivity index is 2.50. The number of nitrogen functional groups attached to an aromatic ring is 1. The van der Waals surface area contributed by atoms with Gasteiger partial charge in [-0.15, -0.1) is 0 Å². The van der Waals surface area contributed by atoms with Crippen LogP contribution in [-0.2, 0) is 6.42 Å². The van der Waals surface area contributed by atoms with Crippen LogP contribution in [0, 0.1) is 12.8 Å². The molecule has 1 aromatic heterocycles. The van der Waals surface area contributed by atoms with Gasteiger partial charge in [0.1, 0.15) is 5.82 Å². The molecule has 0 amide bonds. The van der Waals surface area contributed by atoms with Crippen LogP contribution < -0.4 is 5.73 Å². The molecule has 0 aliphatic carbocycles. The van der Waals surface area contributed by atoms with Gasteiger partial charge in [0.2, 0.25) is 0 Å². The van der Waals surface area contributed by atoms with Crippen molar-refractivity contribution in [3.8, 4) is 11.4 Å². The van der Waals surface area contributed by atoms with Crippen LogP contribution in [0.3, 0.4) is 0 Å². The first-order valence-electron chi connectivity index (χ1n) is 6.36. The normalized spacial score (nSPS) is 11.0. The van der Waals surface area contributed by atoms with Crippen LogP contribution in [0.4, 0.5) is 5.82 Å². The molecule has 2 rings (SSSR count). The highest BCUT2D eigenvalue weighted by Gasteiger charge is 2.12. The number of hydrogen-bond donors (Lipinski definition) is 1. The van der Waals surface area contributed by atoms with Crippen LogP contribution in [-0.4, -0.2) is 9.97 Å². The number of benzene rings is 1. The van der Waals surface area contributed by atoms with Crippen LogP contribution in [0.15, 0.2) is 28.7 Å². The first kappa shape index (κ1) is 14.0. The highest BCUT2D eigenvalue weighted by molar-refractivity contribution is 9.10. The van der Waals surface area contributed by atoms with Gasteiger partial charge in [0.05, 0.1) is 10.2 Å². The molecule has 1 aromatic carbocycles. The largest absolute Gasteiger partial charge is 0.383 e. The first-order valence-corrected chi connectivity index (χ1v) is 7.15. The fourth-order valence-corrected chi connectivity index (χ4v) is 2.29. The lowest BCUT2D eigenvalue weighted by Crippen LogP contribution is -2.05. The average Bonchev–Trinajstić information content (AvgIpc) is 2.34. The van der Waals surface area contributed by atoms with Crippen LogP contribution in [0.5, 0.6) is 0 Å². The van der Waals surface area contributed by atoms with Crippen molar-refractivity contribution in [1.29, 1.82) is 0 Å². The molecule has 0 unspecified atom stereocenters. The standard InChI is InChI=1S/C15H18BrN3/c1-9(2)7-12-13(16)14(17)19-15(18-12)11-6-4-5-10(3)8-11/h4-6,8-9H,7H2,1-3H3,(H2,17,18,19). The van der Waals surface area contributed by atoms with E-state index in [1.54, 1.807) is 0 Å². The minimum atomic E-state index is 0.502. The zero-order valence-corrected chi connectivity index (χ0v) is 13.0. The Labute approximate surface area is 122 Å². The van der Waals surface area contributed by atoms with Gasteiger partial charge in [-0.1, -0.05) is 37.6 Å². The van der Waals surface area contributed by atoms with E-state index in [4.69, 9.17) is 5.73 Å². The highest BCUT2D eigenvalue weighted by Crippen LogP contribution is 2.27. The summed E-state index contributed by atoms with van der Waals surface area (Å²) in [6.45, 7) is 6.38. The number of halogens is 1. The molecule has 2 aromatic rings. The predicted octanol–water partition coefficient (Wildman–Crippen LogP) is 4.00. The topological polar surface area (TPSA) is 51.8 Å². The lowest BCUT2D eigenvalue weighted by atomic mass is 10.1. The van der Waals surface area contributed by atoms with E-state index in [0.717, 1.165) is 22.2 Å². The van der Waals surface area contributed by atoms with Crippen molar-refractivity contribution in [2.75, 3.05) is 5.73 Å². The Kier molecular flexibility index (Phi) is 4.20. The SMILES string of the molecule is Cc1cccc(-c2nc(N)c(Br)c(CC(C)C)n2)c1. The van der Waals surface area contributed by atoms with Gasteiger partial charge in [0, 0.05) is 5.56 Å². The Bertz CT molecular complexity index is 594. The van der Waals surface area contributed by atoms with Crippen molar-refractivity contribution in [3.05, 3.63) is 40.0 Å². The molecule has 0 saturated heterocycles. The number of anilines is 1. The number of rotatable bonds is 3. The van der Waals surface area contributed by atoms with Crippen molar-refractivity contribution in [2.24, 2.45) is 5.92 Å². The van der Waals surface area contributed by atoms with Crippen LogP contribution >= 0.6 is 15.9 Å². The van der Waals surface area contributed by atoms with Crippen molar-refractivity contribution in [1.82, 2.24) is 9.97 Å². The lowest BCUT2D eigenvalue weighted by molar-refractivity contribution is 0.633. The molecule has 1 heterocycles. The molecule has 0 fully saturated rings. The summed E-state index contributed by atoms with van der Waals surface area (Å²) in [6, 6.07) is 8.14. The second-order valence-corrected chi connectivity index (χ2v) is 5.95. The Hall–Kier alpha value is -1.42. The van der Waals surface area contributed by atoms with E-state index < -0.39 is 0 Å². The monoisotopic (exact) mass is 319 g/mol. The van der Waals surface area contributed by atoms with Gasteiger partial charge in [-0.2, -0.15) is 0 Å². The maximum atomic E-state index is 5.97. The maximum absolute atomic E-state index is 5.97. The Morgan fingerprint density at radius 1 is 1.26 bits per heavy atom. The maximum Gasteiger partial charge on any atom is 0.161 e. The van der Waals surface area contributed by atoms with Crippen LogP contribution in [0.1, 0.15) is 25.1 Å². The van der Waals surface area contributed by atoms with Crippen LogP contribution in [0.25, 0.3) is 11.4 Å². The molecule has 0 radical (unpaired) electrons. The highest BCUT2D eigenvalue weighted by atomic mass is 79.9. The minimum absolute atomic E-state index is 0.502. The number of nitrogens with two attached hydrogens (primary N) is 1.